The summed E-state index contributed by atoms with van der Waals surface area (Å²) in [5.41, 5.74) is 0.0359. The molecule has 1 aromatic carbocycles. The molecule has 0 radical (unpaired) electrons. The molecule has 0 aromatic heterocycles. The second kappa shape index (κ2) is 5.95. The number of nitrogens with zero attached hydrogens (tertiary/aromatic N) is 1. The van der Waals surface area contributed by atoms with Gasteiger partial charge < -0.3 is 10.4 Å². The summed E-state index contributed by atoms with van der Waals surface area (Å²) in [5.74, 6) is -0.784. The summed E-state index contributed by atoms with van der Waals surface area (Å²) in [6.07, 6.45) is 0. The van der Waals surface area contributed by atoms with Crippen LogP contribution in [0.1, 0.15) is 11.6 Å². The van der Waals surface area contributed by atoms with Crippen LogP contribution in [-0.2, 0) is 0 Å². The van der Waals surface area contributed by atoms with Gasteiger partial charge in [0.1, 0.15) is 18.2 Å². The molecule has 0 saturated carbocycles. The fraction of sp³-hybridized carbons (Fsp3) is 0.500. The highest BCUT2D eigenvalue weighted by molar-refractivity contribution is 9.10. The van der Waals surface area contributed by atoms with Crippen molar-refractivity contribution in [2.75, 3.05) is 32.9 Å². The summed E-state index contributed by atoms with van der Waals surface area (Å²) in [5, 5.41) is 13.1. The number of hydrogen-bond donors (Lipinski definition) is 2. The monoisotopic (exact) mass is 320 g/mol. The van der Waals surface area contributed by atoms with Crippen molar-refractivity contribution in [2.45, 2.75) is 6.04 Å². The van der Waals surface area contributed by atoms with Crippen molar-refractivity contribution in [3.05, 3.63) is 28.0 Å². The number of hydrogen-bond acceptors (Lipinski definition) is 3. The van der Waals surface area contributed by atoms with Gasteiger partial charge in [0.05, 0.1) is 16.1 Å². The molecule has 0 unspecified atom stereocenters. The van der Waals surface area contributed by atoms with Crippen LogP contribution < -0.4 is 5.32 Å². The molecule has 1 saturated heterocycles. The van der Waals surface area contributed by atoms with Crippen LogP contribution in [0.15, 0.2) is 16.6 Å². The predicted octanol–water partition coefficient (Wildman–Crippen LogP) is 2.21. The molecule has 1 atom stereocenters. The lowest BCUT2D eigenvalue weighted by atomic mass is 10.0. The zero-order valence-electron chi connectivity index (χ0n) is 9.80. The SMILES string of the molecule is Oc1c(Br)ccc(F)c1[C@H](CF)N1CCNCC1. The molecule has 0 aliphatic carbocycles. The minimum Gasteiger partial charge on any atom is -0.506 e. The quantitative estimate of drug-likeness (QED) is 0.896. The third kappa shape index (κ3) is 2.65. The Kier molecular flexibility index (Phi) is 4.53. The normalized spacial score (nSPS) is 18.8. The van der Waals surface area contributed by atoms with Crippen molar-refractivity contribution in [2.24, 2.45) is 0 Å². The number of rotatable bonds is 3. The minimum atomic E-state index is -0.732. The maximum atomic E-state index is 13.8. The van der Waals surface area contributed by atoms with Gasteiger partial charge in [-0.25, -0.2) is 8.78 Å². The Morgan fingerprint density at radius 1 is 1.39 bits per heavy atom. The van der Waals surface area contributed by atoms with Gasteiger partial charge in [0.15, 0.2) is 0 Å². The third-order valence-corrected chi connectivity index (χ3v) is 3.83. The molecule has 3 nitrogen and oxygen atoms in total. The second-order valence-corrected chi connectivity index (χ2v) is 5.10. The lowest BCUT2D eigenvalue weighted by molar-refractivity contribution is 0.142. The molecule has 100 valence electrons. The lowest BCUT2D eigenvalue weighted by Crippen LogP contribution is -2.45. The molecule has 18 heavy (non-hydrogen) atoms. The highest BCUT2D eigenvalue weighted by Gasteiger charge is 2.28. The predicted molar refractivity (Wildman–Crippen MR) is 68.9 cm³/mol. The van der Waals surface area contributed by atoms with Crippen molar-refractivity contribution in [3.8, 4) is 5.75 Å². The number of aromatic hydroxyl groups is 1. The van der Waals surface area contributed by atoms with E-state index in [0.717, 1.165) is 13.1 Å². The number of alkyl halides is 1. The first-order valence-corrected chi connectivity index (χ1v) is 6.62. The standard InChI is InChI=1S/C12H15BrF2N2O/c13-8-1-2-9(15)11(12(8)18)10(7-14)17-5-3-16-4-6-17/h1-2,10,16,18H,3-7H2/t10-/m0/s1. The molecular formula is C12H15BrF2N2O. The number of benzene rings is 1. The summed E-state index contributed by atoms with van der Waals surface area (Å²) >= 11 is 3.13. The fourth-order valence-electron chi connectivity index (χ4n) is 2.22. The van der Waals surface area contributed by atoms with Crippen LogP contribution in [0.4, 0.5) is 8.78 Å². The van der Waals surface area contributed by atoms with E-state index in [2.05, 4.69) is 21.2 Å². The summed E-state index contributed by atoms with van der Waals surface area (Å²) in [4.78, 5) is 1.85. The van der Waals surface area contributed by atoms with Crippen molar-refractivity contribution >= 4 is 15.9 Å². The number of halogens is 3. The van der Waals surface area contributed by atoms with Crippen LogP contribution in [0.2, 0.25) is 0 Å². The van der Waals surface area contributed by atoms with Gasteiger partial charge in [0.2, 0.25) is 0 Å². The molecule has 1 aromatic rings. The Labute approximate surface area is 113 Å². The van der Waals surface area contributed by atoms with Gasteiger partial charge in [-0.3, -0.25) is 4.90 Å². The van der Waals surface area contributed by atoms with Gasteiger partial charge in [-0.15, -0.1) is 0 Å². The Balaban J connectivity index is 2.34. The highest BCUT2D eigenvalue weighted by Crippen LogP contribution is 2.36. The largest absolute Gasteiger partial charge is 0.506 e. The average Bonchev–Trinajstić information content (AvgIpc) is 2.40. The molecule has 1 aliphatic rings. The van der Waals surface area contributed by atoms with Gasteiger partial charge in [0, 0.05) is 26.2 Å². The zero-order valence-corrected chi connectivity index (χ0v) is 11.4. The maximum Gasteiger partial charge on any atom is 0.137 e. The Morgan fingerprint density at radius 3 is 2.67 bits per heavy atom. The molecule has 1 aliphatic heterocycles. The summed E-state index contributed by atoms with van der Waals surface area (Å²) in [6, 6.07) is 1.93. The maximum absolute atomic E-state index is 13.8. The lowest BCUT2D eigenvalue weighted by Gasteiger charge is -2.34. The molecular weight excluding hydrogens is 306 g/mol. The van der Waals surface area contributed by atoms with E-state index in [-0.39, 0.29) is 11.3 Å². The summed E-state index contributed by atoms with van der Waals surface area (Å²) in [6.45, 7) is 2.04. The van der Waals surface area contributed by atoms with E-state index in [9.17, 15) is 13.9 Å². The first kappa shape index (κ1) is 13.7. The van der Waals surface area contributed by atoms with Crippen LogP contribution in [0.3, 0.4) is 0 Å². The number of phenols is 1. The van der Waals surface area contributed by atoms with E-state index in [1.54, 1.807) is 0 Å². The molecule has 0 spiro atoms. The van der Waals surface area contributed by atoms with Gasteiger partial charge in [-0.2, -0.15) is 0 Å². The second-order valence-electron chi connectivity index (χ2n) is 4.25. The molecule has 2 N–H and O–H groups in total. The van der Waals surface area contributed by atoms with Crippen molar-refractivity contribution < 1.29 is 13.9 Å². The summed E-state index contributed by atoms with van der Waals surface area (Å²) < 4.78 is 27.5. The van der Waals surface area contributed by atoms with Crippen molar-refractivity contribution in [1.29, 1.82) is 0 Å². The Morgan fingerprint density at radius 2 is 2.06 bits per heavy atom. The van der Waals surface area contributed by atoms with Gasteiger partial charge >= 0.3 is 0 Å². The van der Waals surface area contributed by atoms with E-state index >= 15 is 0 Å². The molecule has 6 heteroatoms. The zero-order chi connectivity index (χ0) is 13.1. The van der Waals surface area contributed by atoms with Gasteiger partial charge in [-0.1, -0.05) is 0 Å². The van der Waals surface area contributed by atoms with Gasteiger partial charge in [-0.05, 0) is 28.1 Å². The Bertz CT molecular complexity index is 425. The van der Waals surface area contributed by atoms with E-state index in [4.69, 9.17) is 0 Å². The first-order chi connectivity index (χ1) is 8.65. The van der Waals surface area contributed by atoms with E-state index in [1.165, 1.54) is 12.1 Å². The van der Waals surface area contributed by atoms with Crippen molar-refractivity contribution in [1.82, 2.24) is 10.2 Å². The van der Waals surface area contributed by atoms with Crippen LogP contribution in [0.25, 0.3) is 0 Å². The smallest absolute Gasteiger partial charge is 0.137 e. The fourth-order valence-corrected chi connectivity index (χ4v) is 2.57. The molecule has 1 heterocycles. The Hall–Kier alpha value is -0.720. The topological polar surface area (TPSA) is 35.5 Å². The van der Waals surface area contributed by atoms with Crippen molar-refractivity contribution in [3.63, 3.8) is 0 Å². The van der Waals surface area contributed by atoms with Crippen LogP contribution in [0.5, 0.6) is 5.75 Å². The van der Waals surface area contributed by atoms with Crippen LogP contribution in [-0.4, -0.2) is 42.9 Å². The number of nitrogens with one attached hydrogen (secondary N) is 1. The number of piperazine rings is 1. The van der Waals surface area contributed by atoms with E-state index in [1.807, 2.05) is 4.90 Å². The molecule has 2 rings (SSSR count). The average molecular weight is 321 g/mol. The highest BCUT2D eigenvalue weighted by atomic mass is 79.9. The summed E-state index contributed by atoms with van der Waals surface area (Å²) in [7, 11) is 0. The van der Waals surface area contributed by atoms with Crippen LogP contribution >= 0.6 is 15.9 Å². The molecule has 1 fully saturated rings. The first-order valence-electron chi connectivity index (χ1n) is 5.82. The van der Waals surface area contributed by atoms with Gasteiger partial charge in [0.25, 0.3) is 0 Å². The third-order valence-electron chi connectivity index (χ3n) is 3.19. The van der Waals surface area contributed by atoms with E-state index in [0.29, 0.717) is 17.6 Å². The minimum absolute atomic E-state index is 0.0359. The van der Waals surface area contributed by atoms with E-state index < -0.39 is 18.5 Å². The molecule has 0 amide bonds. The number of phenolic OH excluding ortho intramolecular Hbond substituents is 1. The van der Waals surface area contributed by atoms with Crippen LogP contribution in [0, 0.1) is 5.82 Å². The molecule has 0 bridgehead atoms.